The molecule has 1 fully saturated rings. The number of carbonyl (C=O) groups is 1. The van der Waals surface area contributed by atoms with Gasteiger partial charge in [-0.25, -0.2) is 8.42 Å². The van der Waals surface area contributed by atoms with E-state index in [-0.39, 0.29) is 10.8 Å². The molecular formula is C31H39N3O3S. The summed E-state index contributed by atoms with van der Waals surface area (Å²) in [6.07, 6.45) is 4.06. The Bertz CT molecular complexity index is 1370. The quantitative estimate of drug-likeness (QED) is 0.366. The summed E-state index contributed by atoms with van der Waals surface area (Å²) in [6.45, 7) is 8.98. The molecule has 1 saturated heterocycles. The summed E-state index contributed by atoms with van der Waals surface area (Å²) in [7, 11) is -2.27. The number of carbonyl (C=O) groups excluding carboxylic acids is 1. The standard InChI is InChI=1S/C31H39N3O3S/c1-5-6-11-26-14-16-27(17-15-26)32(4)38(36,37)28-18-13-24(2)29(23-28)31(35)34-20-9-19-33(21-22-34)30-12-8-7-10-25(30)3/h7-8,10,12-18,23H,5-6,9,11,19-22H2,1-4H3. The molecule has 3 aromatic rings. The van der Waals surface area contributed by atoms with Crippen molar-refractivity contribution in [3.05, 3.63) is 89.0 Å². The average molecular weight is 534 g/mol. The maximum Gasteiger partial charge on any atom is 0.264 e. The zero-order valence-electron chi connectivity index (χ0n) is 23.0. The predicted octanol–water partition coefficient (Wildman–Crippen LogP) is 5.82. The number of amides is 1. The highest BCUT2D eigenvalue weighted by Crippen LogP contribution is 2.26. The molecule has 1 amide bonds. The van der Waals surface area contributed by atoms with Crippen LogP contribution in [0.4, 0.5) is 11.4 Å². The molecule has 6 nitrogen and oxygen atoms in total. The summed E-state index contributed by atoms with van der Waals surface area (Å²) in [5, 5.41) is 0. The summed E-state index contributed by atoms with van der Waals surface area (Å²) in [4.78, 5) is 17.9. The third-order valence-corrected chi connectivity index (χ3v) is 9.24. The topological polar surface area (TPSA) is 60.9 Å². The highest BCUT2D eigenvalue weighted by atomic mass is 32.2. The maximum absolute atomic E-state index is 13.6. The second kappa shape index (κ2) is 12.0. The smallest absolute Gasteiger partial charge is 0.264 e. The fourth-order valence-electron chi connectivity index (χ4n) is 4.99. The lowest BCUT2D eigenvalue weighted by atomic mass is 10.1. The second-order valence-corrected chi connectivity index (χ2v) is 12.1. The molecule has 7 heteroatoms. The Morgan fingerprint density at radius 1 is 0.895 bits per heavy atom. The van der Waals surface area contributed by atoms with Gasteiger partial charge in [0.25, 0.3) is 15.9 Å². The Hall–Kier alpha value is -3.32. The van der Waals surface area contributed by atoms with Crippen LogP contribution in [-0.2, 0) is 16.4 Å². The van der Waals surface area contributed by atoms with E-state index in [1.165, 1.54) is 21.1 Å². The summed E-state index contributed by atoms with van der Waals surface area (Å²) >= 11 is 0. The molecule has 202 valence electrons. The van der Waals surface area contributed by atoms with Gasteiger partial charge in [-0.3, -0.25) is 9.10 Å². The van der Waals surface area contributed by atoms with Crippen molar-refractivity contribution < 1.29 is 13.2 Å². The highest BCUT2D eigenvalue weighted by Gasteiger charge is 2.26. The molecule has 0 spiro atoms. The summed E-state index contributed by atoms with van der Waals surface area (Å²) in [5.41, 5.74) is 5.44. The minimum atomic E-state index is -3.83. The van der Waals surface area contributed by atoms with E-state index >= 15 is 0 Å². The van der Waals surface area contributed by atoms with E-state index in [1.54, 1.807) is 25.2 Å². The van der Waals surface area contributed by atoms with Gasteiger partial charge in [-0.1, -0.05) is 49.7 Å². The number of anilines is 2. The second-order valence-electron chi connectivity index (χ2n) is 10.1. The van der Waals surface area contributed by atoms with Crippen molar-refractivity contribution in [1.29, 1.82) is 0 Å². The van der Waals surface area contributed by atoms with Crippen molar-refractivity contribution in [2.75, 3.05) is 42.4 Å². The van der Waals surface area contributed by atoms with E-state index < -0.39 is 10.0 Å². The molecule has 0 aliphatic carbocycles. The van der Waals surface area contributed by atoms with Gasteiger partial charge in [0, 0.05) is 44.5 Å². The first kappa shape index (κ1) is 27.7. The molecule has 3 aromatic carbocycles. The molecule has 0 aromatic heterocycles. The first-order chi connectivity index (χ1) is 18.2. The number of hydrogen-bond acceptors (Lipinski definition) is 4. The summed E-state index contributed by atoms with van der Waals surface area (Å²) in [5.74, 6) is -0.117. The normalized spacial score (nSPS) is 14.3. The van der Waals surface area contributed by atoms with Crippen molar-refractivity contribution in [1.82, 2.24) is 4.90 Å². The lowest BCUT2D eigenvalue weighted by Crippen LogP contribution is -2.36. The molecule has 0 atom stereocenters. The monoisotopic (exact) mass is 533 g/mol. The lowest BCUT2D eigenvalue weighted by molar-refractivity contribution is 0.0766. The van der Waals surface area contributed by atoms with Crippen LogP contribution in [0.2, 0.25) is 0 Å². The fourth-order valence-corrected chi connectivity index (χ4v) is 6.21. The van der Waals surface area contributed by atoms with Crippen molar-refractivity contribution in [2.45, 2.75) is 51.3 Å². The highest BCUT2D eigenvalue weighted by molar-refractivity contribution is 7.92. The van der Waals surface area contributed by atoms with E-state index in [0.717, 1.165) is 44.3 Å². The third-order valence-electron chi connectivity index (χ3n) is 7.46. The number of aryl methyl sites for hydroxylation is 3. The van der Waals surface area contributed by atoms with Gasteiger partial charge in [-0.2, -0.15) is 0 Å². The van der Waals surface area contributed by atoms with Crippen LogP contribution >= 0.6 is 0 Å². The molecule has 1 heterocycles. The van der Waals surface area contributed by atoms with E-state index in [9.17, 15) is 13.2 Å². The number of unbranched alkanes of at least 4 members (excludes halogenated alkanes) is 1. The molecule has 4 rings (SSSR count). The molecule has 0 bridgehead atoms. The Balaban J connectivity index is 1.52. The fraction of sp³-hybridized carbons (Fsp3) is 0.387. The maximum atomic E-state index is 13.6. The number of sulfonamides is 1. The minimum Gasteiger partial charge on any atom is -0.369 e. The van der Waals surface area contributed by atoms with Gasteiger partial charge in [0.1, 0.15) is 0 Å². The zero-order valence-corrected chi connectivity index (χ0v) is 23.8. The summed E-state index contributed by atoms with van der Waals surface area (Å²) in [6, 6.07) is 20.9. The molecule has 1 aliphatic heterocycles. The molecular weight excluding hydrogens is 494 g/mol. The van der Waals surface area contributed by atoms with Crippen LogP contribution in [0.1, 0.15) is 53.2 Å². The van der Waals surface area contributed by atoms with Crippen LogP contribution in [0.5, 0.6) is 0 Å². The van der Waals surface area contributed by atoms with E-state index in [1.807, 2.05) is 48.2 Å². The summed E-state index contributed by atoms with van der Waals surface area (Å²) < 4.78 is 28.4. The number of hydrogen-bond donors (Lipinski definition) is 0. The number of rotatable bonds is 8. The van der Waals surface area contributed by atoms with Crippen LogP contribution < -0.4 is 9.21 Å². The number of para-hydroxylation sites is 1. The first-order valence-corrected chi connectivity index (χ1v) is 14.9. The third kappa shape index (κ3) is 6.04. The molecule has 0 N–H and O–H groups in total. The molecule has 0 radical (unpaired) electrons. The number of benzene rings is 3. The Kier molecular flexibility index (Phi) is 8.77. The van der Waals surface area contributed by atoms with Gasteiger partial charge in [0.05, 0.1) is 10.6 Å². The van der Waals surface area contributed by atoms with Crippen LogP contribution in [0.3, 0.4) is 0 Å². The van der Waals surface area contributed by atoms with Crippen LogP contribution in [0.25, 0.3) is 0 Å². The van der Waals surface area contributed by atoms with Gasteiger partial charge in [-0.05, 0) is 80.1 Å². The lowest BCUT2D eigenvalue weighted by Gasteiger charge is -2.25. The molecule has 1 aliphatic rings. The molecule has 0 unspecified atom stereocenters. The first-order valence-electron chi connectivity index (χ1n) is 13.5. The van der Waals surface area contributed by atoms with Crippen LogP contribution in [0.15, 0.2) is 71.6 Å². The SMILES string of the molecule is CCCCc1ccc(N(C)S(=O)(=O)c2ccc(C)c(C(=O)N3CCCN(c4ccccc4C)CC3)c2)cc1. The Morgan fingerprint density at radius 2 is 1.63 bits per heavy atom. The van der Waals surface area contributed by atoms with Crippen molar-refractivity contribution >= 4 is 27.3 Å². The van der Waals surface area contributed by atoms with Crippen molar-refractivity contribution in [3.63, 3.8) is 0 Å². The zero-order chi connectivity index (χ0) is 27.3. The average Bonchev–Trinajstić information content (AvgIpc) is 3.18. The van der Waals surface area contributed by atoms with Gasteiger partial charge < -0.3 is 9.80 Å². The van der Waals surface area contributed by atoms with Crippen LogP contribution in [-0.4, -0.2) is 52.5 Å². The predicted molar refractivity (Wildman–Crippen MR) is 156 cm³/mol. The van der Waals surface area contributed by atoms with Gasteiger partial charge in [-0.15, -0.1) is 0 Å². The molecule has 38 heavy (non-hydrogen) atoms. The van der Waals surface area contributed by atoms with Gasteiger partial charge in [0.15, 0.2) is 0 Å². The van der Waals surface area contributed by atoms with Gasteiger partial charge >= 0.3 is 0 Å². The van der Waals surface area contributed by atoms with Crippen LogP contribution in [0, 0.1) is 13.8 Å². The largest absolute Gasteiger partial charge is 0.369 e. The number of nitrogens with zero attached hydrogens (tertiary/aromatic N) is 3. The van der Waals surface area contributed by atoms with E-state index in [0.29, 0.717) is 24.3 Å². The van der Waals surface area contributed by atoms with E-state index in [4.69, 9.17) is 0 Å². The van der Waals surface area contributed by atoms with Crippen molar-refractivity contribution in [2.24, 2.45) is 0 Å². The van der Waals surface area contributed by atoms with Gasteiger partial charge in [0.2, 0.25) is 0 Å². The van der Waals surface area contributed by atoms with E-state index in [2.05, 4.69) is 30.9 Å². The Labute approximate surface area is 227 Å². The molecule has 0 saturated carbocycles. The minimum absolute atomic E-state index is 0.117. The Morgan fingerprint density at radius 3 is 2.34 bits per heavy atom. The van der Waals surface area contributed by atoms with Crippen molar-refractivity contribution in [3.8, 4) is 0 Å².